The Morgan fingerprint density at radius 2 is 0.845 bits per heavy atom. The molecule has 0 heterocycles. The van der Waals surface area contributed by atoms with Crippen molar-refractivity contribution in [2.24, 2.45) is 0 Å². The zero-order chi connectivity index (χ0) is 52.0. The number of allylic oxidation sites excluding steroid dienone is 22. The van der Waals surface area contributed by atoms with Crippen molar-refractivity contribution in [3.8, 4) is 0 Å². The average molecular weight is 1010 g/mol. The lowest BCUT2D eigenvalue weighted by molar-refractivity contribution is -0.870. The van der Waals surface area contributed by atoms with Gasteiger partial charge in [0.15, 0.2) is 0 Å². The van der Waals surface area contributed by atoms with Crippen molar-refractivity contribution in [1.82, 2.24) is 5.32 Å². The smallest absolute Gasteiger partial charge is 0.391 e. The molecule has 71 heavy (non-hydrogen) atoms. The summed E-state index contributed by atoms with van der Waals surface area (Å²) in [6.45, 7) is 4.71. The molecule has 0 radical (unpaired) electrons. The van der Waals surface area contributed by atoms with Gasteiger partial charge in [-0.3, -0.25) is 13.8 Å². The molecule has 0 rings (SSSR count). The molecule has 3 unspecified atom stereocenters. The largest absolute Gasteiger partial charge is 0.472 e. The lowest BCUT2D eigenvalue weighted by Gasteiger charge is -2.26. The number of aliphatic hydroxyl groups excluding tert-OH is 1. The van der Waals surface area contributed by atoms with Crippen LogP contribution in [0.4, 0.5) is 0 Å². The molecule has 1 amide bonds. The summed E-state index contributed by atoms with van der Waals surface area (Å²) in [5, 5.41) is 13.9. The number of phosphoric acid groups is 1. The number of phosphoric ester groups is 1. The van der Waals surface area contributed by atoms with Gasteiger partial charge in [-0.2, -0.15) is 0 Å². The van der Waals surface area contributed by atoms with Crippen LogP contribution in [0.15, 0.2) is 134 Å². The Hall–Kier alpha value is -3.36. The Bertz CT molecular complexity index is 1610. The summed E-state index contributed by atoms with van der Waals surface area (Å²) in [5.74, 6) is -0.171. The summed E-state index contributed by atoms with van der Waals surface area (Å²) >= 11 is 0. The van der Waals surface area contributed by atoms with E-state index in [2.05, 4.69) is 153 Å². The van der Waals surface area contributed by atoms with Gasteiger partial charge >= 0.3 is 7.82 Å². The van der Waals surface area contributed by atoms with Crippen molar-refractivity contribution in [2.45, 2.75) is 212 Å². The first kappa shape index (κ1) is 67.6. The predicted molar refractivity (Wildman–Crippen MR) is 308 cm³/mol. The van der Waals surface area contributed by atoms with E-state index in [1.807, 2.05) is 21.1 Å². The molecule has 3 N–H and O–H groups in total. The molecule has 0 aromatic carbocycles. The van der Waals surface area contributed by atoms with Crippen LogP contribution in [0.3, 0.4) is 0 Å². The number of hydrogen-bond acceptors (Lipinski definition) is 5. The van der Waals surface area contributed by atoms with Gasteiger partial charge in [-0.25, -0.2) is 4.57 Å². The van der Waals surface area contributed by atoms with E-state index in [0.29, 0.717) is 23.9 Å². The van der Waals surface area contributed by atoms with Crippen LogP contribution in [-0.4, -0.2) is 73.4 Å². The molecule has 0 bridgehead atoms. The Balaban J connectivity index is 4.13. The molecule has 3 atom stereocenters. The standard InChI is InChI=1S/C62H105N2O6P/c1-6-8-10-12-14-16-18-19-20-21-22-23-24-25-26-27-28-29-30-31-32-33-34-35-36-37-38-39-40-41-42-43-44-45-46-48-50-52-54-56-62(66)63-60(59-70-71(67,68)69-58-57-64(3,4)5)61(65)55-53-51-49-47-17-15-13-11-9-7-2/h8,10,14,16,19-20,22-23,25-26,28-29,31-32,34-35,37-38,40-41,43-44,60-61,65H,6-7,9,11-13,15,17-18,21,24,27,30,33,36,39,42,45-59H2,1-5H3,(H-,63,66,67,68)/p+1/b10-8-,16-14-,20-19-,23-22-,26-25-,29-28-,32-31-,35-34-,38-37-,41-40-,44-43-. The molecule has 0 aliphatic heterocycles. The van der Waals surface area contributed by atoms with Crippen LogP contribution in [0.2, 0.25) is 0 Å². The molecule has 0 fully saturated rings. The number of likely N-dealkylation sites (N-methyl/N-ethyl adjacent to an activating group) is 1. The van der Waals surface area contributed by atoms with E-state index in [4.69, 9.17) is 9.05 Å². The van der Waals surface area contributed by atoms with Gasteiger partial charge in [0.25, 0.3) is 0 Å². The summed E-state index contributed by atoms with van der Waals surface area (Å²) in [6, 6.07) is -0.779. The zero-order valence-corrected chi connectivity index (χ0v) is 46.8. The number of rotatable bonds is 49. The Labute approximate surface area is 436 Å². The second-order valence-corrected chi connectivity index (χ2v) is 21.0. The van der Waals surface area contributed by atoms with E-state index in [1.54, 1.807) is 0 Å². The van der Waals surface area contributed by atoms with Crippen molar-refractivity contribution in [2.75, 3.05) is 40.9 Å². The van der Waals surface area contributed by atoms with Crippen LogP contribution in [0, 0.1) is 0 Å². The third-order valence-electron chi connectivity index (χ3n) is 11.7. The molecule has 0 spiro atoms. The molecule has 404 valence electrons. The second-order valence-electron chi connectivity index (χ2n) is 19.6. The SMILES string of the molecule is CC/C=C\C/C=C\C/C=C\C/C=C\C/C=C\C/C=C\C/C=C\C/C=C\C/C=C\C/C=C\C/C=C\CCCCCCCC(=O)NC(COP(=O)(O)OCC[N+](C)(C)C)C(O)CCCCCCCCCCCC. The first-order chi connectivity index (χ1) is 34.5. The molecule has 0 aromatic heterocycles. The number of carbonyl (C=O) groups excluding carboxylic acids is 1. The van der Waals surface area contributed by atoms with Gasteiger partial charge in [0.2, 0.25) is 5.91 Å². The van der Waals surface area contributed by atoms with Crippen molar-refractivity contribution in [1.29, 1.82) is 0 Å². The maximum atomic E-state index is 12.9. The van der Waals surface area contributed by atoms with Crippen LogP contribution in [0.5, 0.6) is 0 Å². The third-order valence-corrected chi connectivity index (χ3v) is 12.6. The fourth-order valence-electron chi connectivity index (χ4n) is 7.28. The van der Waals surface area contributed by atoms with Gasteiger partial charge in [0.1, 0.15) is 13.2 Å². The summed E-state index contributed by atoms with van der Waals surface area (Å²) < 4.78 is 23.6. The maximum Gasteiger partial charge on any atom is 0.472 e. The summed E-state index contributed by atoms with van der Waals surface area (Å²) in [5.41, 5.74) is 0. The number of aliphatic hydroxyl groups is 1. The van der Waals surface area contributed by atoms with E-state index >= 15 is 0 Å². The number of nitrogens with one attached hydrogen (secondary N) is 1. The summed E-state index contributed by atoms with van der Waals surface area (Å²) in [7, 11) is 1.58. The monoisotopic (exact) mass is 1010 g/mol. The van der Waals surface area contributed by atoms with E-state index in [9.17, 15) is 19.4 Å². The molecule has 0 aromatic rings. The highest BCUT2D eigenvalue weighted by molar-refractivity contribution is 7.47. The lowest BCUT2D eigenvalue weighted by Crippen LogP contribution is -2.46. The molecule has 8 nitrogen and oxygen atoms in total. The van der Waals surface area contributed by atoms with Crippen LogP contribution in [0.1, 0.15) is 200 Å². The molecule has 0 aliphatic carbocycles. The Kier molecular flexibility index (Phi) is 49.1. The molecule has 9 heteroatoms. The Morgan fingerprint density at radius 3 is 1.24 bits per heavy atom. The first-order valence-electron chi connectivity index (χ1n) is 28.0. The van der Waals surface area contributed by atoms with Crippen molar-refractivity contribution in [3.63, 3.8) is 0 Å². The van der Waals surface area contributed by atoms with Crippen molar-refractivity contribution >= 4 is 13.7 Å². The molecular formula is C62H106N2O6P+. The number of nitrogens with zero attached hydrogens (tertiary/aromatic N) is 1. The number of unbranched alkanes of at least 4 members (excludes halogenated alkanes) is 14. The van der Waals surface area contributed by atoms with Gasteiger partial charge < -0.3 is 19.8 Å². The van der Waals surface area contributed by atoms with Gasteiger partial charge in [-0.1, -0.05) is 231 Å². The topological polar surface area (TPSA) is 105 Å². The van der Waals surface area contributed by atoms with E-state index < -0.39 is 20.0 Å². The third kappa shape index (κ3) is 54.3. The maximum absolute atomic E-state index is 12.9. The number of carbonyl (C=O) groups is 1. The minimum atomic E-state index is -4.33. The highest BCUT2D eigenvalue weighted by atomic mass is 31.2. The minimum Gasteiger partial charge on any atom is -0.391 e. The fourth-order valence-corrected chi connectivity index (χ4v) is 8.02. The molecular weight excluding hydrogens is 900 g/mol. The predicted octanol–water partition coefficient (Wildman–Crippen LogP) is 17.1. The van der Waals surface area contributed by atoms with Crippen molar-refractivity contribution < 1.29 is 32.9 Å². The van der Waals surface area contributed by atoms with Crippen LogP contribution >= 0.6 is 7.82 Å². The lowest BCUT2D eigenvalue weighted by atomic mass is 10.0. The number of hydrogen-bond donors (Lipinski definition) is 3. The van der Waals surface area contributed by atoms with Gasteiger partial charge in [-0.15, -0.1) is 0 Å². The fraction of sp³-hybridized carbons (Fsp3) is 0.629. The van der Waals surface area contributed by atoms with Crippen LogP contribution < -0.4 is 5.32 Å². The van der Waals surface area contributed by atoms with E-state index in [-0.39, 0.29) is 19.1 Å². The van der Waals surface area contributed by atoms with Crippen molar-refractivity contribution in [3.05, 3.63) is 134 Å². The quantitative estimate of drug-likeness (QED) is 0.0243. The molecule has 0 aliphatic rings. The highest BCUT2D eigenvalue weighted by Gasteiger charge is 2.28. The Morgan fingerprint density at radius 1 is 0.493 bits per heavy atom. The number of amides is 1. The average Bonchev–Trinajstić information content (AvgIpc) is 3.33. The van der Waals surface area contributed by atoms with Crippen LogP contribution in [-0.2, 0) is 18.4 Å². The minimum absolute atomic E-state index is 0.0634. The first-order valence-corrected chi connectivity index (χ1v) is 29.5. The van der Waals surface area contributed by atoms with Gasteiger partial charge in [0.05, 0.1) is 39.9 Å². The normalized spacial score (nSPS) is 15.0. The van der Waals surface area contributed by atoms with Crippen LogP contribution in [0.25, 0.3) is 0 Å². The van der Waals surface area contributed by atoms with Gasteiger partial charge in [0, 0.05) is 6.42 Å². The zero-order valence-electron chi connectivity index (χ0n) is 45.9. The summed E-state index contributed by atoms with van der Waals surface area (Å²) in [6.07, 6.45) is 78.0. The number of quaternary nitrogens is 1. The molecule has 0 saturated carbocycles. The van der Waals surface area contributed by atoms with E-state index in [0.717, 1.165) is 128 Å². The van der Waals surface area contributed by atoms with E-state index in [1.165, 1.54) is 44.9 Å². The van der Waals surface area contributed by atoms with Gasteiger partial charge in [-0.05, 0) is 96.3 Å². The second kappa shape index (κ2) is 51.5. The highest BCUT2D eigenvalue weighted by Crippen LogP contribution is 2.43. The summed E-state index contributed by atoms with van der Waals surface area (Å²) in [4.78, 5) is 23.2. The molecule has 0 saturated heterocycles.